The molecule has 0 radical (unpaired) electrons. The van der Waals surface area contributed by atoms with Gasteiger partial charge in [-0.1, -0.05) is 24.3 Å². The van der Waals surface area contributed by atoms with Crippen molar-refractivity contribution in [2.24, 2.45) is 5.92 Å². The number of imidazole rings is 1. The van der Waals surface area contributed by atoms with Crippen molar-refractivity contribution in [1.29, 1.82) is 0 Å². The Morgan fingerprint density at radius 2 is 1.64 bits per heavy atom. The lowest BCUT2D eigenvalue weighted by Crippen LogP contribution is -2.30. The highest BCUT2D eigenvalue weighted by Crippen LogP contribution is 2.22. The Morgan fingerprint density at radius 1 is 0.889 bits per heavy atom. The summed E-state index contributed by atoms with van der Waals surface area (Å²) in [6.45, 7) is 1.74. The van der Waals surface area contributed by atoms with Crippen LogP contribution in [-0.2, 0) is 13.1 Å². The van der Waals surface area contributed by atoms with E-state index in [0.717, 1.165) is 42.0 Å². The number of carbonyl (C=O) groups excluding carboxylic acids is 1. The summed E-state index contributed by atoms with van der Waals surface area (Å²) in [6.07, 6.45) is 16.8. The average Bonchev–Trinajstić information content (AvgIpc) is 3.48. The molecule has 1 atom stereocenters. The number of nitrogens with zero attached hydrogens (tertiary/aromatic N) is 4. The maximum Gasteiger partial charge on any atom is 0.254 e. The molecule has 0 bridgehead atoms. The Morgan fingerprint density at radius 3 is 2.31 bits per heavy atom. The van der Waals surface area contributed by atoms with Crippen molar-refractivity contribution in [3.63, 3.8) is 0 Å². The standard InChI is InChI=1S/C30H30N4O2/c35-30(27-8-10-28(11-9-27)33-19-18-32-23-33)34(21-25-14-16-31-17-15-25)20-24-6-12-29(13-7-24)36-22-26-4-2-1-3-5-26/h1-2,6-19,23,26H,3-5,20-22H2. The van der Waals surface area contributed by atoms with Crippen LogP contribution in [0.5, 0.6) is 5.75 Å². The van der Waals surface area contributed by atoms with Crippen molar-refractivity contribution in [1.82, 2.24) is 19.4 Å². The molecule has 1 aliphatic rings. The van der Waals surface area contributed by atoms with Crippen LogP contribution in [0.25, 0.3) is 5.69 Å². The van der Waals surface area contributed by atoms with Crippen LogP contribution in [-0.4, -0.2) is 31.9 Å². The number of benzene rings is 2. The molecule has 2 aromatic heterocycles. The third-order valence-electron chi connectivity index (χ3n) is 6.49. The maximum absolute atomic E-state index is 13.6. The van der Waals surface area contributed by atoms with E-state index in [-0.39, 0.29) is 5.91 Å². The number of aromatic nitrogens is 3. The number of amides is 1. The van der Waals surface area contributed by atoms with Gasteiger partial charge in [0.1, 0.15) is 5.75 Å². The highest BCUT2D eigenvalue weighted by molar-refractivity contribution is 5.94. The van der Waals surface area contributed by atoms with Gasteiger partial charge in [0.25, 0.3) is 5.91 Å². The fourth-order valence-corrected chi connectivity index (χ4v) is 4.41. The lowest BCUT2D eigenvalue weighted by Gasteiger charge is -2.24. The van der Waals surface area contributed by atoms with Gasteiger partial charge in [0.15, 0.2) is 0 Å². The highest BCUT2D eigenvalue weighted by Gasteiger charge is 2.17. The van der Waals surface area contributed by atoms with E-state index in [1.165, 1.54) is 6.42 Å². The average molecular weight is 479 g/mol. The van der Waals surface area contributed by atoms with Gasteiger partial charge in [0.05, 0.1) is 12.9 Å². The lowest BCUT2D eigenvalue weighted by molar-refractivity contribution is 0.0730. The molecule has 2 heterocycles. The molecule has 0 fully saturated rings. The Hall–Kier alpha value is -4.19. The first-order valence-corrected chi connectivity index (χ1v) is 12.4. The third-order valence-corrected chi connectivity index (χ3v) is 6.49. The van der Waals surface area contributed by atoms with E-state index in [4.69, 9.17) is 4.74 Å². The molecule has 0 saturated carbocycles. The number of pyridine rings is 1. The Balaban J connectivity index is 1.28. The van der Waals surface area contributed by atoms with E-state index in [1.807, 2.05) is 76.3 Å². The normalized spacial score (nSPS) is 14.9. The first kappa shape index (κ1) is 23.5. The molecule has 1 aliphatic carbocycles. The molecule has 1 unspecified atom stereocenters. The van der Waals surface area contributed by atoms with Crippen LogP contribution in [0.2, 0.25) is 0 Å². The second kappa shape index (κ2) is 11.5. The number of allylic oxidation sites excluding steroid dienone is 2. The van der Waals surface area contributed by atoms with Gasteiger partial charge >= 0.3 is 0 Å². The largest absolute Gasteiger partial charge is 0.493 e. The van der Waals surface area contributed by atoms with Crippen molar-refractivity contribution in [2.45, 2.75) is 32.4 Å². The molecule has 1 amide bonds. The number of ether oxygens (including phenoxy) is 1. The quantitative estimate of drug-likeness (QED) is 0.283. The van der Waals surface area contributed by atoms with Crippen molar-refractivity contribution < 1.29 is 9.53 Å². The first-order chi connectivity index (χ1) is 17.7. The van der Waals surface area contributed by atoms with E-state index < -0.39 is 0 Å². The molecule has 6 heteroatoms. The Kier molecular flexibility index (Phi) is 7.52. The minimum absolute atomic E-state index is 0.0188. The molecule has 5 rings (SSSR count). The summed E-state index contributed by atoms with van der Waals surface area (Å²) in [7, 11) is 0. The molecular formula is C30H30N4O2. The minimum Gasteiger partial charge on any atom is -0.493 e. The minimum atomic E-state index is -0.0188. The fraction of sp³-hybridized carbons (Fsp3) is 0.233. The Labute approximate surface area is 211 Å². The smallest absolute Gasteiger partial charge is 0.254 e. The zero-order chi connectivity index (χ0) is 24.6. The maximum atomic E-state index is 13.6. The Bertz CT molecular complexity index is 1270. The number of carbonyl (C=O) groups is 1. The van der Waals surface area contributed by atoms with E-state index in [1.54, 1.807) is 24.9 Å². The molecule has 0 N–H and O–H groups in total. The molecule has 6 nitrogen and oxygen atoms in total. The van der Waals surface area contributed by atoms with Gasteiger partial charge in [-0.25, -0.2) is 4.98 Å². The second-order valence-electron chi connectivity index (χ2n) is 9.14. The van der Waals surface area contributed by atoms with Crippen LogP contribution >= 0.6 is 0 Å². The van der Waals surface area contributed by atoms with E-state index >= 15 is 0 Å². The summed E-state index contributed by atoms with van der Waals surface area (Å²) < 4.78 is 7.95. The highest BCUT2D eigenvalue weighted by atomic mass is 16.5. The predicted molar refractivity (Wildman–Crippen MR) is 140 cm³/mol. The molecule has 2 aromatic carbocycles. The van der Waals surface area contributed by atoms with Crippen LogP contribution in [0.15, 0.2) is 104 Å². The predicted octanol–water partition coefficient (Wildman–Crippen LogP) is 5.85. The van der Waals surface area contributed by atoms with Gasteiger partial charge < -0.3 is 14.2 Å². The van der Waals surface area contributed by atoms with Crippen molar-refractivity contribution in [2.75, 3.05) is 6.61 Å². The number of hydrogen-bond acceptors (Lipinski definition) is 4. The number of hydrogen-bond donors (Lipinski definition) is 0. The zero-order valence-corrected chi connectivity index (χ0v) is 20.2. The van der Waals surface area contributed by atoms with Gasteiger partial charge in [-0.2, -0.15) is 0 Å². The van der Waals surface area contributed by atoms with Crippen LogP contribution in [0.4, 0.5) is 0 Å². The van der Waals surface area contributed by atoms with Gasteiger partial charge in [0.2, 0.25) is 0 Å². The zero-order valence-electron chi connectivity index (χ0n) is 20.2. The third kappa shape index (κ3) is 6.08. The molecule has 0 spiro atoms. The van der Waals surface area contributed by atoms with Crippen LogP contribution < -0.4 is 4.74 Å². The summed E-state index contributed by atoms with van der Waals surface area (Å²) in [5.41, 5.74) is 3.70. The molecular weight excluding hydrogens is 448 g/mol. The molecule has 36 heavy (non-hydrogen) atoms. The molecule has 4 aromatic rings. The first-order valence-electron chi connectivity index (χ1n) is 12.4. The van der Waals surface area contributed by atoms with Crippen molar-refractivity contribution >= 4 is 5.91 Å². The van der Waals surface area contributed by atoms with Crippen molar-refractivity contribution in [3.8, 4) is 11.4 Å². The van der Waals surface area contributed by atoms with Gasteiger partial charge in [-0.15, -0.1) is 0 Å². The SMILES string of the molecule is O=C(c1ccc(-n2ccnc2)cc1)N(Cc1ccncc1)Cc1ccc(OCC2CC=CCC2)cc1. The van der Waals surface area contributed by atoms with Crippen LogP contribution in [0, 0.1) is 5.92 Å². The topological polar surface area (TPSA) is 60.2 Å². The van der Waals surface area contributed by atoms with Gasteiger partial charge in [-0.05, 0) is 84.8 Å². The fourth-order valence-electron chi connectivity index (χ4n) is 4.41. The van der Waals surface area contributed by atoms with Crippen LogP contribution in [0.3, 0.4) is 0 Å². The van der Waals surface area contributed by atoms with E-state index in [2.05, 4.69) is 22.1 Å². The monoisotopic (exact) mass is 478 g/mol. The van der Waals surface area contributed by atoms with Crippen LogP contribution in [0.1, 0.15) is 40.7 Å². The van der Waals surface area contributed by atoms with Gasteiger partial charge in [-0.3, -0.25) is 9.78 Å². The molecule has 0 saturated heterocycles. The van der Waals surface area contributed by atoms with Crippen molar-refractivity contribution in [3.05, 3.63) is 121 Å². The summed E-state index contributed by atoms with van der Waals surface area (Å²) in [5, 5.41) is 0. The molecule has 0 aliphatic heterocycles. The summed E-state index contributed by atoms with van der Waals surface area (Å²) in [4.78, 5) is 23.6. The van der Waals surface area contributed by atoms with E-state index in [0.29, 0.717) is 24.6 Å². The summed E-state index contributed by atoms with van der Waals surface area (Å²) in [6, 6.07) is 19.6. The number of rotatable bonds is 9. The summed E-state index contributed by atoms with van der Waals surface area (Å²) in [5.74, 6) is 1.44. The van der Waals surface area contributed by atoms with E-state index in [9.17, 15) is 4.79 Å². The summed E-state index contributed by atoms with van der Waals surface area (Å²) >= 11 is 0. The molecule has 182 valence electrons. The lowest BCUT2D eigenvalue weighted by atomic mass is 9.95. The second-order valence-corrected chi connectivity index (χ2v) is 9.14. The van der Waals surface area contributed by atoms with Gasteiger partial charge in [0, 0.05) is 49.1 Å².